The highest BCUT2D eigenvalue weighted by Gasteiger charge is 2.22. The Morgan fingerprint density at radius 1 is 0.953 bits per heavy atom. The lowest BCUT2D eigenvalue weighted by Crippen LogP contribution is -2.27. The van der Waals surface area contributed by atoms with Gasteiger partial charge in [0.15, 0.2) is 0 Å². The highest BCUT2D eigenvalue weighted by Crippen LogP contribution is 2.32. The van der Waals surface area contributed by atoms with Crippen LogP contribution >= 0.6 is 22.9 Å². The van der Waals surface area contributed by atoms with Crippen LogP contribution in [0.5, 0.6) is 0 Å². The summed E-state index contributed by atoms with van der Waals surface area (Å²) < 4.78 is 2.67. The molecule has 14 heteroatoms. The van der Waals surface area contributed by atoms with Crippen LogP contribution in [0.4, 0.5) is 5.82 Å². The first-order valence-electron chi connectivity index (χ1n) is 12.5. The van der Waals surface area contributed by atoms with Crippen molar-refractivity contribution in [2.24, 2.45) is 0 Å². The maximum atomic E-state index is 13.6. The quantitative estimate of drug-likeness (QED) is 0.193. The molecule has 0 aliphatic rings. The smallest absolute Gasteiger partial charge is 0.374 e. The molecule has 0 unspecified atom stereocenters. The molecule has 0 atom stereocenters. The van der Waals surface area contributed by atoms with E-state index >= 15 is 0 Å². The van der Waals surface area contributed by atoms with E-state index in [4.69, 9.17) is 16.7 Å². The van der Waals surface area contributed by atoms with E-state index in [1.165, 1.54) is 54.1 Å². The predicted molar refractivity (Wildman–Crippen MR) is 158 cm³/mol. The SMILES string of the molecule is O=C(O)C(=O)Cn1cc(-c2cccnc2)c(-c2cc(NCc3ccc(Cl)s3)n(C(=O)c3ccc(C(=O)O)cc3)n2)cc1=O. The van der Waals surface area contributed by atoms with Gasteiger partial charge in [0.25, 0.3) is 17.2 Å². The summed E-state index contributed by atoms with van der Waals surface area (Å²) in [6, 6.07) is 15.1. The number of carboxylic acids is 2. The maximum absolute atomic E-state index is 13.6. The van der Waals surface area contributed by atoms with Gasteiger partial charge in [-0.1, -0.05) is 17.7 Å². The number of pyridine rings is 2. The van der Waals surface area contributed by atoms with Gasteiger partial charge in [-0.2, -0.15) is 9.78 Å². The van der Waals surface area contributed by atoms with Crippen LogP contribution in [0.1, 0.15) is 25.6 Å². The van der Waals surface area contributed by atoms with E-state index in [-0.39, 0.29) is 22.6 Å². The first kappa shape index (κ1) is 29.1. The minimum atomic E-state index is -1.67. The van der Waals surface area contributed by atoms with Crippen LogP contribution in [0.25, 0.3) is 22.4 Å². The number of nitrogens with zero attached hydrogens (tertiary/aromatic N) is 4. The number of aromatic carboxylic acids is 1. The van der Waals surface area contributed by atoms with E-state index in [0.717, 1.165) is 14.1 Å². The summed E-state index contributed by atoms with van der Waals surface area (Å²) >= 11 is 7.41. The van der Waals surface area contributed by atoms with Crippen LogP contribution in [0.3, 0.4) is 0 Å². The highest BCUT2D eigenvalue weighted by molar-refractivity contribution is 7.16. The molecule has 12 nitrogen and oxygen atoms in total. The molecule has 5 aromatic rings. The van der Waals surface area contributed by atoms with Gasteiger partial charge < -0.3 is 20.1 Å². The van der Waals surface area contributed by atoms with E-state index in [2.05, 4.69) is 15.4 Å². The second-order valence-corrected chi connectivity index (χ2v) is 10.9. The number of thiophene rings is 1. The summed E-state index contributed by atoms with van der Waals surface area (Å²) in [5.41, 5.74) is 0.977. The Morgan fingerprint density at radius 3 is 2.33 bits per heavy atom. The van der Waals surface area contributed by atoms with Crippen molar-refractivity contribution in [3.63, 3.8) is 0 Å². The average molecular weight is 618 g/mol. The topological polar surface area (TPSA) is 173 Å². The molecule has 0 aliphatic heterocycles. The predicted octanol–water partition coefficient (Wildman–Crippen LogP) is 4.14. The molecule has 0 bridgehead atoms. The van der Waals surface area contributed by atoms with Crippen molar-refractivity contribution in [2.75, 3.05) is 5.32 Å². The summed E-state index contributed by atoms with van der Waals surface area (Å²) in [6.07, 6.45) is 4.43. The minimum Gasteiger partial charge on any atom is -0.478 e. The number of aromatic nitrogens is 4. The third-order valence-electron chi connectivity index (χ3n) is 6.28. The van der Waals surface area contributed by atoms with Gasteiger partial charge in [-0.05, 0) is 42.5 Å². The number of halogens is 1. The molecule has 4 aromatic heterocycles. The van der Waals surface area contributed by atoms with Crippen LogP contribution in [-0.4, -0.2) is 53.2 Å². The number of carbonyl (C=O) groups is 4. The van der Waals surface area contributed by atoms with E-state index < -0.39 is 35.7 Å². The molecule has 0 radical (unpaired) electrons. The second kappa shape index (κ2) is 12.2. The van der Waals surface area contributed by atoms with Crippen molar-refractivity contribution in [1.29, 1.82) is 0 Å². The van der Waals surface area contributed by atoms with Gasteiger partial charge in [0.05, 0.1) is 28.7 Å². The largest absolute Gasteiger partial charge is 0.478 e. The third kappa shape index (κ3) is 6.42. The van der Waals surface area contributed by atoms with Gasteiger partial charge in [-0.15, -0.1) is 11.3 Å². The Bertz CT molecular complexity index is 1930. The second-order valence-electron chi connectivity index (χ2n) is 9.11. The van der Waals surface area contributed by atoms with Crippen molar-refractivity contribution in [3.05, 3.63) is 110 Å². The summed E-state index contributed by atoms with van der Waals surface area (Å²) in [5, 5.41) is 26.0. The highest BCUT2D eigenvalue weighted by atomic mass is 35.5. The zero-order valence-electron chi connectivity index (χ0n) is 21.9. The fraction of sp³-hybridized carbons (Fsp3) is 0.0690. The summed E-state index contributed by atoms with van der Waals surface area (Å²) in [6.45, 7) is -0.390. The van der Waals surface area contributed by atoms with Crippen LogP contribution < -0.4 is 10.9 Å². The monoisotopic (exact) mass is 617 g/mol. The molecule has 0 saturated heterocycles. The minimum absolute atomic E-state index is 0.00804. The van der Waals surface area contributed by atoms with E-state index in [9.17, 15) is 29.1 Å². The number of Topliss-reactive ketones (excluding diaryl/α,β-unsaturated/α-hetero) is 1. The molecule has 1 aromatic carbocycles. The van der Waals surface area contributed by atoms with Gasteiger partial charge >= 0.3 is 11.9 Å². The number of benzene rings is 1. The lowest BCUT2D eigenvalue weighted by Gasteiger charge is -2.11. The van der Waals surface area contributed by atoms with Gasteiger partial charge in [0, 0.05) is 57.9 Å². The van der Waals surface area contributed by atoms with Crippen molar-refractivity contribution in [2.45, 2.75) is 13.1 Å². The number of nitrogens with one attached hydrogen (secondary N) is 1. The summed E-state index contributed by atoms with van der Waals surface area (Å²) in [5.74, 6) is -4.28. The molecule has 43 heavy (non-hydrogen) atoms. The van der Waals surface area contributed by atoms with Crippen molar-refractivity contribution >= 4 is 52.4 Å². The Morgan fingerprint density at radius 2 is 1.70 bits per heavy atom. The number of carbonyl (C=O) groups excluding carboxylic acids is 2. The molecule has 0 spiro atoms. The lowest BCUT2D eigenvalue weighted by molar-refractivity contribution is -0.149. The zero-order chi connectivity index (χ0) is 30.7. The number of anilines is 1. The molecule has 0 fully saturated rings. The van der Waals surface area contributed by atoms with Crippen LogP contribution in [0, 0.1) is 0 Å². The van der Waals surface area contributed by atoms with Crippen molar-refractivity contribution in [1.82, 2.24) is 19.3 Å². The van der Waals surface area contributed by atoms with E-state index in [0.29, 0.717) is 27.6 Å². The number of carboxylic acid groups (broad SMARTS) is 2. The van der Waals surface area contributed by atoms with Crippen molar-refractivity contribution in [3.8, 4) is 22.4 Å². The summed E-state index contributed by atoms with van der Waals surface area (Å²) in [4.78, 5) is 65.9. The van der Waals surface area contributed by atoms with Gasteiger partial charge in [-0.25, -0.2) is 9.59 Å². The fourth-order valence-electron chi connectivity index (χ4n) is 4.18. The van der Waals surface area contributed by atoms with Crippen LogP contribution in [-0.2, 0) is 22.7 Å². The Kier molecular flexibility index (Phi) is 8.27. The first-order valence-corrected chi connectivity index (χ1v) is 13.7. The maximum Gasteiger partial charge on any atom is 0.374 e. The first-order chi connectivity index (χ1) is 20.6. The molecular formula is C29H20ClN5O7S. The third-order valence-corrected chi connectivity index (χ3v) is 7.51. The fourth-order valence-corrected chi connectivity index (χ4v) is 5.21. The zero-order valence-corrected chi connectivity index (χ0v) is 23.5. The Labute approximate surface area is 251 Å². The van der Waals surface area contributed by atoms with E-state index in [1.54, 1.807) is 30.5 Å². The molecule has 216 valence electrons. The molecule has 0 saturated carbocycles. The average Bonchev–Trinajstić information content (AvgIpc) is 3.62. The molecule has 0 amide bonds. The molecule has 4 heterocycles. The number of ketones is 1. The Hall–Kier alpha value is -5.40. The van der Waals surface area contributed by atoms with Crippen molar-refractivity contribution < 1.29 is 29.4 Å². The van der Waals surface area contributed by atoms with E-state index in [1.807, 2.05) is 6.07 Å². The number of rotatable bonds is 10. The lowest BCUT2D eigenvalue weighted by atomic mass is 10.0. The molecule has 3 N–H and O–H groups in total. The van der Waals surface area contributed by atoms with Gasteiger partial charge in [0.1, 0.15) is 5.82 Å². The standard InChI is InChI=1S/C29H20ClN5O7S/c30-24-8-7-19(43-24)13-32-25-11-22(33-35(25)27(38)16-3-5-17(6-4-16)28(39)40)20-10-26(37)34(15-23(36)29(41)42)14-21(20)18-2-1-9-31-12-18/h1-12,14,32H,13,15H2,(H,39,40)(H,41,42). The van der Waals surface area contributed by atoms with Crippen LogP contribution in [0.2, 0.25) is 4.34 Å². The number of aliphatic carboxylic acids is 1. The summed E-state index contributed by atoms with van der Waals surface area (Å²) in [7, 11) is 0. The van der Waals surface area contributed by atoms with Gasteiger partial charge in [0.2, 0.25) is 0 Å². The van der Waals surface area contributed by atoms with Gasteiger partial charge in [-0.3, -0.25) is 19.4 Å². The number of hydrogen-bond acceptors (Lipinski definition) is 9. The molecule has 5 rings (SSSR count). The molecular weight excluding hydrogens is 598 g/mol. The Balaban J connectivity index is 1.62. The molecule has 0 aliphatic carbocycles. The normalized spacial score (nSPS) is 10.8. The number of hydrogen-bond donors (Lipinski definition) is 3. The van der Waals surface area contributed by atoms with Crippen LogP contribution in [0.15, 0.2) is 84.0 Å².